The molecule has 0 fully saturated rings. The summed E-state index contributed by atoms with van der Waals surface area (Å²) in [6.07, 6.45) is 0. The number of hydrogen-bond acceptors (Lipinski definition) is 2. The number of carboxylic acids is 1. The first-order valence-corrected chi connectivity index (χ1v) is 5.53. The monoisotopic (exact) mass is 241 g/mol. The zero-order valence-corrected chi connectivity index (χ0v) is 10.5. The van der Waals surface area contributed by atoms with E-state index in [1.54, 1.807) is 12.1 Å². The lowest BCUT2D eigenvalue weighted by atomic mass is 10.1. The van der Waals surface area contributed by atoms with Crippen molar-refractivity contribution in [2.24, 2.45) is 5.92 Å². The van der Waals surface area contributed by atoms with Crippen molar-refractivity contribution in [3.8, 4) is 0 Å². The number of aromatic carboxylic acids is 1. The predicted molar refractivity (Wildman–Crippen MR) is 66.5 cm³/mol. The van der Waals surface area contributed by atoms with Crippen molar-refractivity contribution in [3.63, 3.8) is 0 Å². The molecule has 4 heteroatoms. The molecule has 1 rings (SSSR count). The molecule has 3 nitrogen and oxygen atoms in total. The average Bonchev–Trinajstić information content (AvgIpc) is 2.15. The van der Waals surface area contributed by atoms with Crippen LogP contribution in [0.15, 0.2) is 18.2 Å². The zero-order valence-electron chi connectivity index (χ0n) is 9.70. The Morgan fingerprint density at radius 3 is 2.56 bits per heavy atom. The van der Waals surface area contributed by atoms with E-state index in [0.29, 0.717) is 5.92 Å². The van der Waals surface area contributed by atoms with Crippen LogP contribution in [0.2, 0.25) is 5.02 Å². The highest BCUT2D eigenvalue weighted by atomic mass is 35.5. The lowest BCUT2D eigenvalue weighted by Gasteiger charge is -2.21. The lowest BCUT2D eigenvalue weighted by Crippen LogP contribution is -2.22. The number of benzene rings is 1. The Balaban J connectivity index is 2.92. The number of hydrogen-bond donors (Lipinski definition) is 1. The number of halogens is 1. The number of nitrogens with zero attached hydrogens (tertiary/aromatic N) is 1. The van der Waals surface area contributed by atoms with Gasteiger partial charge in [0.1, 0.15) is 0 Å². The van der Waals surface area contributed by atoms with Crippen LogP contribution in [-0.4, -0.2) is 24.7 Å². The number of anilines is 1. The van der Waals surface area contributed by atoms with Gasteiger partial charge in [-0.05, 0) is 24.1 Å². The van der Waals surface area contributed by atoms with E-state index in [-0.39, 0.29) is 10.6 Å². The Hall–Kier alpha value is -1.22. The highest BCUT2D eigenvalue weighted by Crippen LogP contribution is 2.23. The Morgan fingerprint density at radius 1 is 1.50 bits per heavy atom. The van der Waals surface area contributed by atoms with Crippen LogP contribution in [0, 0.1) is 5.92 Å². The number of carbonyl (C=O) groups is 1. The molecule has 0 heterocycles. The van der Waals surface area contributed by atoms with E-state index < -0.39 is 5.97 Å². The summed E-state index contributed by atoms with van der Waals surface area (Å²) in [6.45, 7) is 5.16. The van der Waals surface area contributed by atoms with Crippen LogP contribution in [-0.2, 0) is 0 Å². The maximum atomic E-state index is 10.8. The molecule has 16 heavy (non-hydrogen) atoms. The molecule has 1 aromatic carbocycles. The molecule has 0 atom stereocenters. The van der Waals surface area contributed by atoms with E-state index in [2.05, 4.69) is 18.7 Å². The fraction of sp³-hybridized carbons (Fsp3) is 0.417. The smallest absolute Gasteiger partial charge is 0.337 e. The van der Waals surface area contributed by atoms with E-state index in [1.807, 2.05) is 7.05 Å². The first kappa shape index (κ1) is 12.8. The van der Waals surface area contributed by atoms with Crippen molar-refractivity contribution < 1.29 is 9.90 Å². The lowest BCUT2D eigenvalue weighted by molar-refractivity contribution is 0.0697. The Kier molecular flexibility index (Phi) is 4.19. The van der Waals surface area contributed by atoms with Crippen LogP contribution in [0.1, 0.15) is 24.2 Å². The molecule has 1 N–H and O–H groups in total. The third-order valence-corrected chi connectivity index (χ3v) is 2.58. The summed E-state index contributed by atoms with van der Waals surface area (Å²) in [5.74, 6) is -0.453. The molecule has 0 aromatic heterocycles. The van der Waals surface area contributed by atoms with Gasteiger partial charge >= 0.3 is 5.97 Å². The third kappa shape index (κ3) is 3.14. The van der Waals surface area contributed by atoms with Crippen molar-refractivity contribution in [1.29, 1.82) is 0 Å². The minimum absolute atomic E-state index is 0.142. The molecule has 0 saturated carbocycles. The van der Waals surface area contributed by atoms with Gasteiger partial charge in [-0.1, -0.05) is 25.4 Å². The van der Waals surface area contributed by atoms with Crippen LogP contribution in [0.4, 0.5) is 5.69 Å². The van der Waals surface area contributed by atoms with Gasteiger partial charge in [-0.2, -0.15) is 0 Å². The summed E-state index contributed by atoms with van der Waals surface area (Å²) in [6, 6.07) is 5.00. The van der Waals surface area contributed by atoms with Gasteiger partial charge in [-0.3, -0.25) is 0 Å². The van der Waals surface area contributed by atoms with E-state index >= 15 is 0 Å². The normalized spacial score (nSPS) is 10.6. The largest absolute Gasteiger partial charge is 0.478 e. The molecular weight excluding hydrogens is 226 g/mol. The Morgan fingerprint density at radius 2 is 2.12 bits per heavy atom. The summed E-state index contributed by atoms with van der Waals surface area (Å²) in [5, 5.41) is 9.12. The number of rotatable bonds is 4. The van der Waals surface area contributed by atoms with E-state index in [4.69, 9.17) is 16.7 Å². The highest BCUT2D eigenvalue weighted by molar-refractivity contribution is 6.33. The molecule has 0 aliphatic rings. The molecule has 0 spiro atoms. The Labute approximate surface area is 101 Å². The van der Waals surface area contributed by atoms with Gasteiger partial charge in [0.05, 0.1) is 10.6 Å². The van der Waals surface area contributed by atoms with Crippen molar-refractivity contribution in [2.75, 3.05) is 18.5 Å². The first-order chi connectivity index (χ1) is 7.41. The number of carboxylic acid groups (broad SMARTS) is 1. The van der Waals surface area contributed by atoms with E-state index in [0.717, 1.165) is 12.2 Å². The topological polar surface area (TPSA) is 40.5 Å². The summed E-state index contributed by atoms with van der Waals surface area (Å²) in [7, 11) is 1.96. The van der Waals surface area contributed by atoms with Gasteiger partial charge in [0, 0.05) is 19.3 Å². The molecule has 0 saturated heterocycles. The van der Waals surface area contributed by atoms with Crippen molar-refractivity contribution >= 4 is 23.3 Å². The van der Waals surface area contributed by atoms with Crippen molar-refractivity contribution in [1.82, 2.24) is 0 Å². The van der Waals surface area contributed by atoms with E-state index in [1.165, 1.54) is 6.07 Å². The van der Waals surface area contributed by atoms with Gasteiger partial charge in [0.25, 0.3) is 0 Å². The Bertz CT molecular complexity index is 391. The average molecular weight is 242 g/mol. The fourth-order valence-electron chi connectivity index (χ4n) is 1.57. The van der Waals surface area contributed by atoms with Gasteiger partial charge in [0.2, 0.25) is 0 Å². The molecular formula is C12H16ClNO2. The maximum Gasteiger partial charge on any atom is 0.337 e. The minimum atomic E-state index is -0.997. The molecule has 1 aromatic rings. The third-order valence-electron chi connectivity index (χ3n) is 2.26. The van der Waals surface area contributed by atoms with Crippen LogP contribution in [0.5, 0.6) is 0 Å². The highest BCUT2D eigenvalue weighted by Gasteiger charge is 2.11. The molecule has 0 aliphatic heterocycles. The van der Waals surface area contributed by atoms with Crippen molar-refractivity contribution in [2.45, 2.75) is 13.8 Å². The van der Waals surface area contributed by atoms with E-state index in [9.17, 15) is 4.79 Å². The SMILES string of the molecule is CC(C)CN(C)c1ccc(C(=O)O)c(Cl)c1. The molecule has 0 bridgehead atoms. The predicted octanol–water partition coefficient (Wildman–Crippen LogP) is 3.13. The van der Waals surface area contributed by atoms with Crippen LogP contribution in [0.25, 0.3) is 0 Å². The van der Waals surface area contributed by atoms with Gasteiger partial charge in [-0.15, -0.1) is 0 Å². The van der Waals surface area contributed by atoms with Crippen LogP contribution >= 0.6 is 11.6 Å². The fourth-order valence-corrected chi connectivity index (χ4v) is 1.82. The second-order valence-electron chi connectivity index (χ2n) is 4.24. The zero-order chi connectivity index (χ0) is 12.3. The second kappa shape index (κ2) is 5.21. The van der Waals surface area contributed by atoms with Crippen LogP contribution < -0.4 is 4.90 Å². The quantitative estimate of drug-likeness (QED) is 0.881. The standard InChI is InChI=1S/C12H16ClNO2/c1-8(2)7-14(3)9-4-5-10(12(15)16)11(13)6-9/h4-6,8H,7H2,1-3H3,(H,15,16). The van der Waals surface area contributed by atoms with Crippen LogP contribution in [0.3, 0.4) is 0 Å². The first-order valence-electron chi connectivity index (χ1n) is 5.15. The maximum absolute atomic E-state index is 10.8. The van der Waals surface area contributed by atoms with Gasteiger partial charge in [-0.25, -0.2) is 4.79 Å². The second-order valence-corrected chi connectivity index (χ2v) is 4.65. The van der Waals surface area contributed by atoms with Crippen molar-refractivity contribution in [3.05, 3.63) is 28.8 Å². The minimum Gasteiger partial charge on any atom is -0.478 e. The summed E-state index contributed by atoms with van der Waals surface area (Å²) >= 11 is 5.90. The molecule has 88 valence electrons. The summed E-state index contributed by atoms with van der Waals surface area (Å²) in [4.78, 5) is 12.8. The summed E-state index contributed by atoms with van der Waals surface area (Å²) < 4.78 is 0. The molecule has 0 radical (unpaired) electrons. The molecule has 0 aliphatic carbocycles. The molecule has 0 amide bonds. The molecule has 0 unspecified atom stereocenters. The van der Waals surface area contributed by atoms with Gasteiger partial charge in [0.15, 0.2) is 0 Å². The summed E-state index contributed by atoms with van der Waals surface area (Å²) in [5.41, 5.74) is 1.08. The van der Waals surface area contributed by atoms with Gasteiger partial charge < -0.3 is 10.0 Å².